The second kappa shape index (κ2) is 6.96. The molecule has 0 saturated heterocycles. The summed E-state index contributed by atoms with van der Waals surface area (Å²) in [5.41, 5.74) is -2.47. The molecule has 11 heteroatoms. The van der Waals surface area contributed by atoms with Gasteiger partial charge in [-0.2, -0.15) is 31.6 Å². The van der Waals surface area contributed by atoms with E-state index in [4.69, 9.17) is 16.3 Å². The smallest absolute Gasteiger partial charge is 0.407 e. The van der Waals surface area contributed by atoms with E-state index in [0.29, 0.717) is 11.0 Å². The number of alkyl halides is 6. The molecule has 0 aliphatic rings. The number of benzene rings is 1. The highest BCUT2D eigenvalue weighted by molar-refractivity contribution is 5.62. The number of rotatable bonds is 4. The first-order valence-corrected chi connectivity index (χ1v) is 6.78. The van der Waals surface area contributed by atoms with E-state index in [2.05, 4.69) is 9.83 Å². The lowest BCUT2D eigenvalue weighted by molar-refractivity contribution is -0.136. The lowest BCUT2D eigenvalue weighted by Crippen LogP contribution is -2.33. The van der Waals surface area contributed by atoms with Gasteiger partial charge in [0, 0.05) is 5.69 Å². The van der Waals surface area contributed by atoms with Crippen LogP contribution in [0.2, 0.25) is 0 Å². The van der Waals surface area contributed by atoms with Gasteiger partial charge in [0.2, 0.25) is 0 Å². The SMILES string of the molecule is [C-]#[N+]c1ccc(N(Cc2cnc(C#N)o2)CC(F)(F)F)cc1C(F)(F)F. The molecule has 136 valence electrons. The first-order valence-electron chi connectivity index (χ1n) is 6.78. The third-order valence-corrected chi connectivity index (χ3v) is 3.14. The topological polar surface area (TPSA) is 57.4 Å². The summed E-state index contributed by atoms with van der Waals surface area (Å²) in [6.45, 7) is 4.64. The molecule has 5 nitrogen and oxygen atoms in total. The van der Waals surface area contributed by atoms with Crippen molar-refractivity contribution in [2.24, 2.45) is 0 Å². The van der Waals surface area contributed by atoms with Crippen molar-refractivity contribution in [3.05, 3.63) is 53.0 Å². The molecular weight excluding hydrogens is 366 g/mol. The van der Waals surface area contributed by atoms with E-state index < -0.39 is 42.4 Å². The summed E-state index contributed by atoms with van der Waals surface area (Å²) in [6.07, 6.45) is -8.60. The fraction of sp³-hybridized carbons (Fsp3) is 0.267. The third-order valence-electron chi connectivity index (χ3n) is 3.14. The molecule has 0 atom stereocenters. The van der Waals surface area contributed by atoms with Gasteiger partial charge in [-0.25, -0.2) is 9.83 Å². The molecule has 0 unspecified atom stereocenters. The second-order valence-corrected chi connectivity index (χ2v) is 5.03. The summed E-state index contributed by atoms with van der Waals surface area (Å²) in [6, 6.07) is 3.81. The van der Waals surface area contributed by atoms with E-state index in [9.17, 15) is 26.3 Å². The lowest BCUT2D eigenvalue weighted by Gasteiger charge is -2.26. The van der Waals surface area contributed by atoms with Crippen LogP contribution >= 0.6 is 0 Å². The van der Waals surface area contributed by atoms with Gasteiger partial charge in [0.1, 0.15) is 12.3 Å². The number of nitrogens with zero attached hydrogens (tertiary/aromatic N) is 4. The molecule has 0 saturated carbocycles. The zero-order chi connectivity index (χ0) is 19.5. The Morgan fingerprint density at radius 2 is 1.92 bits per heavy atom. The second-order valence-electron chi connectivity index (χ2n) is 5.03. The Kier molecular flexibility index (Phi) is 5.12. The highest BCUT2D eigenvalue weighted by atomic mass is 19.4. The maximum atomic E-state index is 13.0. The molecule has 0 N–H and O–H groups in total. The molecule has 2 aromatic rings. The van der Waals surface area contributed by atoms with Crippen molar-refractivity contribution in [1.82, 2.24) is 4.98 Å². The summed E-state index contributed by atoms with van der Waals surface area (Å²) in [4.78, 5) is 6.83. The van der Waals surface area contributed by atoms with E-state index in [1.165, 1.54) is 0 Å². The minimum atomic E-state index is -4.90. The summed E-state index contributed by atoms with van der Waals surface area (Å²) in [5, 5.41) is 8.62. The Bertz CT molecular complexity index is 872. The van der Waals surface area contributed by atoms with Gasteiger partial charge in [0.15, 0.2) is 11.8 Å². The molecule has 0 radical (unpaired) electrons. The lowest BCUT2D eigenvalue weighted by atomic mass is 10.1. The highest BCUT2D eigenvalue weighted by Crippen LogP contribution is 2.39. The highest BCUT2D eigenvalue weighted by Gasteiger charge is 2.36. The standard InChI is InChI=1S/C15H8F6N4O/c1-23-12-3-2-9(4-11(12)15(19,20)21)25(8-14(16,17)18)7-10-6-24-13(5-22)26-10/h2-4,6H,7-8H2. The van der Waals surface area contributed by atoms with E-state index in [1.807, 2.05) is 0 Å². The molecule has 2 rings (SSSR count). The number of oxazole rings is 1. The van der Waals surface area contributed by atoms with Crippen LogP contribution in [0.25, 0.3) is 4.85 Å². The van der Waals surface area contributed by atoms with E-state index in [-0.39, 0.29) is 11.7 Å². The summed E-state index contributed by atoms with van der Waals surface area (Å²) in [7, 11) is 0. The Morgan fingerprint density at radius 1 is 1.23 bits per heavy atom. The van der Waals surface area contributed by atoms with Gasteiger partial charge >= 0.3 is 18.2 Å². The zero-order valence-electron chi connectivity index (χ0n) is 12.7. The Hall–Kier alpha value is -3.21. The summed E-state index contributed by atoms with van der Waals surface area (Å²) >= 11 is 0. The van der Waals surface area contributed by atoms with Gasteiger partial charge in [-0.1, -0.05) is 6.07 Å². The minimum Gasteiger partial charge on any atom is -0.432 e. The minimum absolute atomic E-state index is 0.131. The number of halogens is 6. The Labute approximate surface area is 142 Å². The molecule has 0 amide bonds. The number of aromatic nitrogens is 1. The average molecular weight is 374 g/mol. The van der Waals surface area contributed by atoms with Crippen molar-refractivity contribution < 1.29 is 30.8 Å². The van der Waals surface area contributed by atoms with E-state index >= 15 is 0 Å². The molecule has 0 aliphatic heterocycles. The van der Waals surface area contributed by atoms with Crippen LogP contribution < -0.4 is 4.90 Å². The predicted molar refractivity (Wildman–Crippen MR) is 76.0 cm³/mol. The molecule has 0 spiro atoms. The number of hydrogen-bond donors (Lipinski definition) is 0. The fourth-order valence-corrected chi connectivity index (χ4v) is 2.12. The van der Waals surface area contributed by atoms with Crippen LogP contribution in [0, 0.1) is 17.9 Å². The molecule has 26 heavy (non-hydrogen) atoms. The zero-order valence-corrected chi connectivity index (χ0v) is 12.7. The van der Waals surface area contributed by atoms with Crippen LogP contribution in [0.15, 0.2) is 28.8 Å². The molecular formula is C15H8F6N4O. The van der Waals surface area contributed by atoms with Crippen LogP contribution in [-0.4, -0.2) is 17.7 Å². The largest absolute Gasteiger partial charge is 0.432 e. The van der Waals surface area contributed by atoms with Crippen LogP contribution in [0.1, 0.15) is 17.2 Å². The van der Waals surface area contributed by atoms with Gasteiger partial charge in [-0.05, 0) is 12.1 Å². The Morgan fingerprint density at radius 3 is 2.42 bits per heavy atom. The number of anilines is 1. The van der Waals surface area contributed by atoms with Crippen LogP contribution in [-0.2, 0) is 12.7 Å². The predicted octanol–water partition coefficient (Wildman–Crippen LogP) is 4.68. The molecule has 0 fully saturated rings. The van der Waals surface area contributed by atoms with Crippen molar-refractivity contribution in [2.45, 2.75) is 18.9 Å². The van der Waals surface area contributed by atoms with Gasteiger partial charge in [0.05, 0.1) is 24.9 Å². The first-order chi connectivity index (χ1) is 12.0. The van der Waals surface area contributed by atoms with Crippen molar-refractivity contribution in [3.8, 4) is 6.07 Å². The van der Waals surface area contributed by atoms with Crippen LogP contribution in [0.4, 0.5) is 37.7 Å². The molecule has 1 aromatic heterocycles. The van der Waals surface area contributed by atoms with Crippen molar-refractivity contribution >= 4 is 11.4 Å². The monoisotopic (exact) mass is 374 g/mol. The summed E-state index contributed by atoms with van der Waals surface area (Å²) in [5.74, 6) is -0.514. The molecule has 1 aromatic carbocycles. The fourth-order valence-electron chi connectivity index (χ4n) is 2.12. The molecule has 0 bridgehead atoms. The molecule has 1 heterocycles. The van der Waals surface area contributed by atoms with Gasteiger partial charge < -0.3 is 9.32 Å². The molecule has 0 aliphatic carbocycles. The van der Waals surface area contributed by atoms with E-state index in [0.717, 1.165) is 18.3 Å². The average Bonchev–Trinajstić information content (AvgIpc) is 2.99. The maximum Gasteiger partial charge on any atom is 0.407 e. The van der Waals surface area contributed by atoms with E-state index in [1.54, 1.807) is 6.07 Å². The normalized spacial score (nSPS) is 11.7. The number of hydrogen-bond acceptors (Lipinski definition) is 4. The Balaban J connectivity index is 2.45. The summed E-state index contributed by atoms with van der Waals surface area (Å²) < 4.78 is 82.5. The van der Waals surface area contributed by atoms with Crippen LogP contribution in [0.5, 0.6) is 0 Å². The quantitative estimate of drug-likeness (QED) is 0.576. The van der Waals surface area contributed by atoms with Gasteiger partial charge in [-0.3, -0.25) is 0 Å². The van der Waals surface area contributed by atoms with Gasteiger partial charge in [0.25, 0.3) is 0 Å². The van der Waals surface area contributed by atoms with Crippen LogP contribution in [0.3, 0.4) is 0 Å². The number of nitriles is 1. The van der Waals surface area contributed by atoms with Crippen molar-refractivity contribution in [2.75, 3.05) is 11.4 Å². The maximum absolute atomic E-state index is 13.0. The van der Waals surface area contributed by atoms with Gasteiger partial charge in [-0.15, -0.1) is 0 Å². The van der Waals surface area contributed by atoms with Crippen molar-refractivity contribution in [3.63, 3.8) is 0 Å². The third kappa shape index (κ3) is 4.66. The first kappa shape index (κ1) is 19.1. The van der Waals surface area contributed by atoms with Crippen molar-refractivity contribution in [1.29, 1.82) is 5.26 Å².